The lowest BCUT2D eigenvalue weighted by Crippen LogP contribution is -2.41. The fourth-order valence-electron chi connectivity index (χ4n) is 1.94. The van der Waals surface area contributed by atoms with Crippen molar-refractivity contribution in [2.75, 3.05) is 20.1 Å². The number of hydrogen-bond acceptors (Lipinski definition) is 2. The summed E-state index contributed by atoms with van der Waals surface area (Å²) >= 11 is 0. The molecule has 1 N–H and O–H groups in total. The van der Waals surface area contributed by atoms with Crippen LogP contribution in [0.3, 0.4) is 0 Å². The summed E-state index contributed by atoms with van der Waals surface area (Å²) in [5.41, 5.74) is 0. The molecule has 0 bridgehead atoms. The molecule has 0 aromatic rings. The van der Waals surface area contributed by atoms with Crippen molar-refractivity contribution in [3.63, 3.8) is 0 Å². The van der Waals surface area contributed by atoms with Gasteiger partial charge in [0.15, 0.2) is 0 Å². The Labute approximate surface area is 107 Å². The zero-order valence-corrected chi connectivity index (χ0v) is 12.4. The Bertz CT molecular complexity index is 204. The Morgan fingerprint density at radius 3 is 1.94 bits per heavy atom. The summed E-state index contributed by atoms with van der Waals surface area (Å²) in [6.07, 6.45) is 2.28. The third-order valence-corrected chi connectivity index (χ3v) is 2.95. The lowest BCUT2D eigenvalue weighted by Gasteiger charge is -2.23. The largest absolute Gasteiger partial charge is 0.345 e. The van der Waals surface area contributed by atoms with E-state index in [1.807, 2.05) is 14.0 Å². The van der Waals surface area contributed by atoms with Gasteiger partial charge in [-0.1, -0.05) is 27.7 Å². The van der Waals surface area contributed by atoms with E-state index >= 15 is 0 Å². The average Bonchev–Trinajstić information content (AvgIpc) is 2.22. The highest BCUT2D eigenvalue weighted by molar-refractivity contribution is 5.77. The third-order valence-electron chi connectivity index (χ3n) is 2.95. The van der Waals surface area contributed by atoms with E-state index < -0.39 is 0 Å². The van der Waals surface area contributed by atoms with Gasteiger partial charge in [0.1, 0.15) is 0 Å². The first-order valence-corrected chi connectivity index (χ1v) is 6.84. The van der Waals surface area contributed by atoms with Gasteiger partial charge in [-0.05, 0) is 31.6 Å². The van der Waals surface area contributed by atoms with Crippen LogP contribution in [0.5, 0.6) is 0 Å². The Kier molecular flexibility index (Phi) is 8.23. The minimum atomic E-state index is 0.185. The molecular formula is C14H30N2O. The molecule has 102 valence electrons. The van der Waals surface area contributed by atoms with E-state index in [2.05, 4.69) is 33.0 Å². The Morgan fingerprint density at radius 2 is 1.59 bits per heavy atom. The SMILES string of the molecule is CCN(C)C(=O)CNC(CC(C)C)CC(C)C. The van der Waals surface area contributed by atoms with Crippen LogP contribution in [0.25, 0.3) is 0 Å². The number of carbonyl (C=O) groups is 1. The van der Waals surface area contributed by atoms with Crippen LogP contribution in [-0.2, 0) is 4.79 Å². The van der Waals surface area contributed by atoms with Gasteiger partial charge in [-0.3, -0.25) is 4.79 Å². The number of carbonyl (C=O) groups excluding carboxylic acids is 1. The first kappa shape index (κ1) is 16.4. The second-order valence-electron chi connectivity index (χ2n) is 5.74. The lowest BCUT2D eigenvalue weighted by molar-refractivity contribution is -0.128. The molecule has 0 unspecified atom stereocenters. The predicted molar refractivity (Wildman–Crippen MR) is 74.0 cm³/mol. The van der Waals surface area contributed by atoms with Crippen LogP contribution in [0.1, 0.15) is 47.5 Å². The maximum absolute atomic E-state index is 11.7. The molecule has 3 nitrogen and oxygen atoms in total. The van der Waals surface area contributed by atoms with E-state index in [-0.39, 0.29) is 5.91 Å². The van der Waals surface area contributed by atoms with Gasteiger partial charge >= 0.3 is 0 Å². The second-order valence-corrected chi connectivity index (χ2v) is 5.74. The van der Waals surface area contributed by atoms with Gasteiger partial charge in [-0.25, -0.2) is 0 Å². The van der Waals surface area contributed by atoms with Crippen molar-refractivity contribution in [3.8, 4) is 0 Å². The maximum atomic E-state index is 11.7. The van der Waals surface area contributed by atoms with Crippen LogP contribution in [0.15, 0.2) is 0 Å². The zero-order chi connectivity index (χ0) is 13.4. The normalized spacial score (nSPS) is 11.6. The minimum Gasteiger partial charge on any atom is -0.345 e. The number of hydrogen-bond donors (Lipinski definition) is 1. The van der Waals surface area contributed by atoms with Gasteiger partial charge in [0.05, 0.1) is 6.54 Å². The number of amides is 1. The molecule has 0 aliphatic rings. The molecule has 0 fully saturated rings. The second kappa shape index (κ2) is 8.51. The van der Waals surface area contributed by atoms with E-state index in [4.69, 9.17) is 0 Å². The topological polar surface area (TPSA) is 32.3 Å². The van der Waals surface area contributed by atoms with Crippen molar-refractivity contribution in [2.45, 2.75) is 53.5 Å². The standard InChI is InChI=1S/C14H30N2O/c1-7-16(6)14(17)10-15-13(8-11(2)3)9-12(4)5/h11-13,15H,7-10H2,1-6H3. The number of nitrogens with one attached hydrogen (secondary N) is 1. The summed E-state index contributed by atoms with van der Waals surface area (Å²) in [5, 5.41) is 3.41. The summed E-state index contributed by atoms with van der Waals surface area (Å²) in [6.45, 7) is 12.2. The van der Waals surface area contributed by atoms with Gasteiger partial charge in [-0.15, -0.1) is 0 Å². The molecule has 0 saturated heterocycles. The summed E-state index contributed by atoms with van der Waals surface area (Å²) < 4.78 is 0. The quantitative estimate of drug-likeness (QED) is 0.709. The van der Waals surface area contributed by atoms with Crippen molar-refractivity contribution in [2.24, 2.45) is 11.8 Å². The van der Waals surface area contributed by atoms with Crippen molar-refractivity contribution >= 4 is 5.91 Å². The Morgan fingerprint density at radius 1 is 1.12 bits per heavy atom. The monoisotopic (exact) mass is 242 g/mol. The molecule has 0 atom stereocenters. The lowest BCUT2D eigenvalue weighted by atomic mass is 9.95. The van der Waals surface area contributed by atoms with Crippen molar-refractivity contribution in [1.82, 2.24) is 10.2 Å². The Hall–Kier alpha value is -0.570. The zero-order valence-electron chi connectivity index (χ0n) is 12.4. The molecule has 17 heavy (non-hydrogen) atoms. The van der Waals surface area contributed by atoms with E-state index in [0.29, 0.717) is 24.4 Å². The molecule has 0 aliphatic heterocycles. The molecule has 3 heteroatoms. The van der Waals surface area contributed by atoms with Crippen LogP contribution >= 0.6 is 0 Å². The van der Waals surface area contributed by atoms with Gasteiger partial charge in [0.2, 0.25) is 5.91 Å². The average molecular weight is 242 g/mol. The van der Waals surface area contributed by atoms with Gasteiger partial charge in [0.25, 0.3) is 0 Å². The molecule has 1 amide bonds. The molecule has 0 rings (SSSR count). The molecule has 0 saturated carbocycles. The number of nitrogens with zero attached hydrogens (tertiary/aromatic N) is 1. The third kappa shape index (κ3) is 8.19. The molecule has 0 aromatic carbocycles. The first-order valence-electron chi connectivity index (χ1n) is 6.84. The van der Waals surface area contributed by atoms with Gasteiger partial charge < -0.3 is 10.2 Å². The maximum Gasteiger partial charge on any atom is 0.236 e. The first-order chi connectivity index (χ1) is 7.86. The summed E-state index contributed by atoms with van der Waals surface area (Å²) in [7, 11) is 1.85. The van der Waals surface area contributed by atoms with Gasteiger partial charge in [-0.2, -0.15) is 0 Å². The summed E-state index contributed by atoms with van der Waals surface area (Å²) in [5.74, 6) is 1.53. The molecule has 0 radical (unpaired) electrons. The van der Waals surface area contributed by atoms with Crippen molar-refractivity contribution < 1.29 is 4.79 Å². The Balaban J connectivity index is 4.10. The van der Waals surface area contributed by atoms with Crippen LogP contribution in [-0.4, -0.2) is 37.0 Å². The minimum absolute atomic E-state index is 0.185. The summed E-state index contributed by atoms with van der Waals surface area (Å²) in [6, 6.07) is 0.462. The molecule has 0 spiro atoms. The highest BCUT2D eigenvalue weighted by atomic mass is 16.2. The smallest absolute Gasteiger partial charge is 0.236 e. The predicted octanol–water partition coefficient (Wildman–Crippen LogP) is 2.52. The summed E-state index contributed by atoms with van der Waals surface area (Å²) in [4.78, 5) is 13.5. The van der Waals surface area contributed by atoms with E-state index in [9.17, 15) is 4.79 Å². The van der Waals surface area contributed by atoms with Crippen LogP contribution in [0.2, 0.25) is 0 Å². The van der Waals surface area contributed by atoms with Crippen LogP contribution in [0, 0.1) is 11.8 Å². The number of likely N-dealkylation sites (N-methyl/N-ethyl adjacent to an activating group) is 1. The van der Waals surface area contributed by atoms with E-state index in [1.165, 1.54) is 0 Å². The van der Waals surface area contributed by atoms with E-state index in [1.54, 1.807) is 4.90 Å². The highest BCUT2D eigenvalue weighted by Gasteiger charge is 2.14. The van der Waals surface area contributed by atoms with Crippen molar-refractivity contribution in [1.29, 1.82) is 0 Å². The molecule has 0 heterocycles. The highest BCUT2D eigenvalue weighted by Crippen LogP contribution is 2.13. The fourth-order valence-corrected chi connectivity index (χ4v) is 1.94. The van der Waals surface area contributed by atoms with Gasteiger partial charge in [0, 0.05) is 19.6 Å². The number of rotatable bonds is 8. The van der Waals surface area contributed by atoms with Crippen LogP contribution < -0.4 is 5.32 Å². The molecule has 0 aliphatic carbocycles. The van der Waals surface area contributed by atoms with Crippen molar-refractivity contribution in [3.05, 3.63) is 0 Å². The van der Waals surface area contributed by atoms with Crippen LogP contribution in [0.4, 0.5) is 0 Å². The molecular weight excluding hydrogens is 212 g/mol. The fraction of sp³-hybridized carbons (Fsp3) is 0.929. The van der Waals surface area contributed by atoms with E-state index in [0.717, 1.165) is 19.4 Å². The molecule has 0 aromatic heterocycles.